The third-order valence-electron chi connectivity index (χ3n) is 6.60. The summed E-state index contributed by atoms with van der Waals surface area (Å²) in [6, 6.07) is 3.08. The third-order valence-corrected chi connectivity index (χ3v) is 6.60. The summed E-state index contributed by atoms with van der Waals surface area (Å²) in [5, 5.41) is 0. The Morgan fingerprint density at radius 2 is 2.00 bits per heavy atom. The number of halogens is 3. The summed E-state index contributed by atoms with van der Waals surface area (Å²) in [6.45, 7) is 5.09. The van der Waals surface area contributed by atoms with Gasteiger partial charge in [-0.25, -0.2) is 4.79 Å². The van der Waals surface area contributed by atoms with E-state index in [0.717, 1.165) is 50.6 Å². The van der Waals surface area contributed by atoms with E-state index in [0.29, 0.717) is 31.6 Å². The molecule has 2 aliphatic carbocycles. The van der Waals surface area contributed by atoms with Crippen LogP contribution in [0.1, 0.15) is 48.5 Å². The van der Waals surface area contributed by atoms with Crippen LogP contribution >= 0.6 is 0 Å². The Hall–Kier alpha value is -1.84. The highest BCUT2D eigenvalue weighted by atomic mass is 19.4. The maximum Gasteiger partial charge on any atom is 0.419 e. The molecule has 2 saturated carbocycles. The van der Waals surface area contributed by atoms with Crippen LogP contribution in [-0.4, -0.2) is 62.7 Å². The lowest BCUT2D eigenvalue weighted by atomic mass is 9.98. The van der Waals surface area contributed by atoms with E-state index in [-0.39, 0.29) is 18.3 Å². The number of hydrogen-bond donors (Lipinski definition) is 0. The van der Waals surface area contributed by atoms with Crippen molar-refractivity contribution < 1.29 is 36.9 Å². The number of esters is 1. The molecular formula is C23H30F3NO5. The minimum atomic E-state index is -4.61. The van der Waals surface area contributed by atoms with E-state index in [4.69, 9.17) is 18.9 Å². The minimum absolute atomic E-state index is 0.0158. The van der Waals surface area contributed by atoms with Gasteiger partial charge in [0.15, 0.2) is 6.29 Å². The Labute approximate surface area is 185 Å². The first-order valence-electron chi connectivity index (χ1n) is 11.3. The molecule has 0 N–H and O–H groups in total. The van der Waals surface area contributed by atoms with Crippen molar-refractivity contribution in [2.45, 2.75) is 51.2 Å². The molecule has 4 atom stereocenters. The minimum Gasteiger partial charge on any atom is -0.465 e. The van der Waals surface area contributed by atoms with Gasteiger partial charge in [0, 0.05) is 19.6 Å². The lowest BCUT2D eigenvalue weighted by Gasteiger charge is -2.27. The fourth-order valence-electron chi connectivity index (χ4n) is 4.96. The molecule has 1 aromatic rings. The van der Waals surface area contributed by atoms with Gasteiger partial charge in [0.1, 0.15) is 12.4 Å². The predicted octanol–water partition coefficient (Wildman–Crippen LogP) is 4.12. The molecular weight excluding hydrogens is 427 g/mol. The summed E-state index contributed by atoms with van der Waals surface area (Å²) in [5.41, 5.74) is -0.923. The molecule has 4 rings (SSSR count). The van der Waals surface area contributed by atoms with Gasteiger partial charge < -0.3 is 18.9 Å². The molecule has 4 unspecified atom stereocenters. The molecule has 0 amide bonds. The van der Waals surface area contributed by atoms with Gasteiger partial charge in [-0.15, -0.1) is 0 Å². The maximum absolute atomic E-state index is 13.5. The van der Waals surface area contributed by atoms with Crippen molar-refractivity contribution in [3.8, 4) is 5.75 Å². The van der Waals surface area contributed by atoms with Crippen molar-refractivity contribution in [1.29, 1.82) is 0 Å². The Bertz CT molecular complexity index is 796. The highest BCUT2D eigenvalue weighted by Crippen LogP contribution is 2.46. The Morgan fingerprint density at radius 1 is 1.22 bits per heavy atom. The van der Waals surface area contributed by atoms with E-state index in [1.807, 2.05) is 0 Å². The molecule has 2 bridgehead atoms. The normalized spacial score (nSPS) is 26.8. The van der Waals surface area contributed by atoms with Crippen molar-refractivity contribution in [3.63, 3.8) is 0 Å². The molecule has 0 radical (unpaired) electrons. The predicted molar refractivity (Wildman–Crippen MR) is 109 cm³/mol. The number of hydrogen-bond acceptors (Lipinski definition) is 6. The van der Waals surface area contributed by atoms with E-state index in [1.165, 1.54) is 6.42 Å². The summed E-state index contributed by atoms with van der Waals surface area (Å²) in [5.74, 6) is 0.00806. The number of rotatable bonds is 8. The summed E-state index contributed by atoms with van der Waals surface area (Å²) >= 11 is 0. The first-order chi connectivity index (χ1) is 15.3. The van der Waals surface area contributed by atoms with Gasteiger partial charge in [-0.05, 0) is 62.6 Å². The molecule has 0 aromatic heterocycles. The van der Waals surface area contributed by atoms with Crippen molar-refractivity contribution in [1.82, 2.24) is 4.90 Å². The first kappa shape index (κ1) is 23.3. The van der Waals surface area contributed by atoms with Gasteiger partial charge in [0.25, 0.3) is 0 Å². The van der Waals surface area contributed by atoms with Crippen LogP contribution in [0.5, 0.6) is 5.75 Å². The zero-order valence-corrected chi connectivity index (χ0v) is 18.2. The van der Waals surface area contributed by atoms with Gasteiger partial charge in [0.2, 0.25) is 0 Å². The van der Waals surface area contributed by atoms with E-state index in [2.05, 4.69) is 4.90 Å². The molecule has 1 aliphatic heterocycles. The van der Waals surface area contributed by atoms with Gasteiger partial charge in [-0.3, -0.25) is 4.90 Å². The molecule has 3 aliphatic rings. The molecule has 6 nitrogen and oxygen atoms in total. The number of nitrogens with zero attached hydrogens (tertiary/aromatic N) is 1. The van der Waals surface area contributed by atoms with Crippen molar-refractivity contribution in [2.75, 3.05) is 39.5 Å². The van der Waals surface area contributed by atoms with Crippen molar-refractivity contribution in [3.05, 3.63) is 29.3 Å². The highest BCUT2D eigenvalue weighted by molar-refractivity contribution is 5.90. The molecule has 9 heteroatoms. The van der Waals surface area contributed by atoms with Gasteiger partial charge in [0.05, 0.1) is 30.4 Å². The fraction of sp³-hybridized carbons (Fsp3) is 0.696. The second-order valence-electron chi connectivity index (χ2n) is 8.83. The lowest BCUT2D eigenvalue weighted by molar-refractivity contribution is -0.147. The third kappa shape index (κ3) is 5.74. The summed E-state index contributed by atoms with van der Waals surface area (Å²) < 4.78 is 62.6. The molecule has 32 heavy (non-hydrogen) atoms. The van der Waals surface area contributed by atoms with E-state index in [9.17, 15) is 18.0 Å². The molecule has 178 valence electrons. The number of benzene rings is 1. The van der Waals surface area contributed by atoms with Gasteiger partial charge in [-0.1, -0.05) is 0 Å². The Morgan fingerprint density at radius 3 is 2.66 bits per heavy atom. The SMILES string of the molecule is CC(Oc1cc(C(=O)OCCN2CCOCC2)ccc1C(F)(F)F)OC1CC2CCC1C2. The number of morpholine rings is 1. The van der Waals surface area contributed by atoms with Crippen LogP contribution in [0.2, 0.25) is 0 Å². The molecule has 3 fully saturated rings. The van der Waals surface area contributed by atoms with Crippen LogP contribution in [0.15, 0.2) is 18.2 Å². The van der Waals surface area contributed by atoms with Crippen LogP contribution < -0.4 is 4.74 Å². The smallest absolute Gasteiger partial charge is 0.419 e. The maximum atomic E-state index is 13.5. The largest absolute Gasteiger partial charge is 0.465 e. The van der Waals surface area contributed by atoms with Crippen molar-refractivity contribution in [2.24, 2.45) is 11.8 Å². The Balaban J connectivity index is 1.38. The fourth-order valence-corrected chi connectivity index (χ4v) is 4.96. The van der Waals surface area contributed by atoms with E-state index < -0.39 is 29.7 Å². The average Bonchev–Trinajstić information content (AvgIpc) is 3.36. The van der Waals surface area contributed by atoms with E-state index >= 15 is 0 Å². The van der Waals surface area contributed by atoms with Gasteiger partial charge >= 0.3 is 12.1 Å². The van der Waals surface area contributed by atoms with Crippen molar-refractivity contribution >= 4 is 5.97 Å². The first-order valence-corrected chi connectivity index (χ1v) is 11.3. The lowest BCUT2D eigenvalue weighted by Crippen LogP contribution is -2.38. The Kier molecular flexibility index (Phi) is 7.27. The van der Waals surface area contributed by atoms with Crippen LogP contribution in [0.3, 0.4) is 0 Å². The zero-order valence-electron chi connectivity index (χ0n) is 18.2. The second-order valence-corrected chi connectivity index (χ2v) is 8.83. The zero-order chi connectivity index (χ0) is 22.7. The van der Waals surface area contributed by atoms with Crippen LogP contribution in [-0.2, 0) is 20.4 Å². The molecule has 0 spiro atoms. The second kappa shape index (κ2) is 9.97. The summed E-state index contributed by atoms with van der Waals surface area (Å²) in [7, 11) is 0. The molecule has 1 heterocycles. The average molecular weight is 457 g/mol. The quantitative estimate of drug-likeness (QED) is 0.432. The highest BCUT2D eigenvalue weighted by Gasteiger charge is 2.41. The van der Waals surface area contributed by atoms with Crippen LogP contribution in [0.25, 0.3) is 0 Å². The topological polar surface area (TPSA) is 57.2 Å². The number of fused-ring (bicyclic) bond motifs is 2. The standard InChI is InChI=1S/C23H30F3NO5/c1-15(31-20-13-16-2-3-17(20)12-16)32-21-14-18(4-5-19(21)23(24,25)26)22(28)30-11-8-27-6-9-29-10-7-27/h4-5,14-17,20H,2-3,6-13H2,1H3. The van der Waals surface area contributed by atoms with Crippen LogP contribution in [0, 0.1) is 11.8 Å². The number of alkyl halides is 3. The van der Waals surface area contributed by atoms with Gasteiger partial charge in [-0.2, -0.15) is 13.2 Å². The summed E-state index contributed by atoms with van der Waals surface area (Å²) in [4.78, 5) is 14.5. The number of ether oxygens (including phenoxy) is 4. The number of carbonyl (C=O) groups excluding carboxylic acids is 1. The molecule has 1 aromatic carbocycles. The molecule has 1 saturated heterocycles. The number of carbonyl (C=O) groups is 1. The summed E-state index contributed by atoms with van der Waals surface area (Å²) in [6.07, 6.45) is -1.09. The van der Waals surface area contributed by atoms with Crippen LogP contribution in [0.4, 0.5) is 13.2 Å². The van der Waals surface area contributed by atoms with E-state index in [1.54, 1.807) is 6.92 Å². The monoisotopic (exact) mass is 457 g/mol.